The summed E-state index contributed by atoms with van der Waals surface area (Å²) in [6.45, 7) is 0.903. The van der Waals surface area contributed by atoms with Gasteiger partial charge in [-0.2, -0.15) is 0 Å². The van der Waals surface area contributed by atoms with Crippen LogP contribution >= 0.6 is 0 Å². The molecule has 1 aromatic heterocycles. The standard InChI is InChI=1S/C10H15N3O/c11-10-5-8(1-2-12-10)13-6-7-3-9(14)4-7/h1-2,5,7,9,14H,3-4,6H2,(H3,11,12,13). The van der Waals surface area contributed by atoms with Crippen LogP contribution in [0.5, 0.6) is 0 Å². The van der Waals surface area contributed by atoms with E-state index in [2.05, 4.69) is 10.3 Å². The number of nitrogens with two attached hydrogens (primary N) is 1. The summed E-state index contributed by atoms with van der Waals surface area (Å²) in [6.07, 6.45) is 3.43. The van der Waals surface area contributed by atoms with E-state index in [0.717, 1.165) is 25.1 Å². The van der Waals surface area contributed by atoms with E-state index < -0.39 is 0 Å². The average Bonchev–Trinajstić information content (AvgIpc) is 2.11. The van der Waals surface area contributed by atoms with Crippen LogP contribution in [0.1, 0.15) is 12.8 Å². The highest BCUT2D eigenvalue weighted by molar-refractivity contribution is 5.49. The highest BCUT2D eigenvalue weighted by Crippen LogP contribution is 2.27. The van der Waals surface area contributed by atoms with Crippen molar-refractivity contribution < 1.29 is 5.11 Å². The van der Waals surface area contributed by atoms with Crippen molar-refractivity contribution in [3.63, 3.8) is 0 Å². The third-order valence-electron chi connectivity index (χ3n) is 2.59. The predicted molar refractivity (Wildman–Crippen MR) is 55.9 cm³/mol. The SMILES string of the molecule is Nc1cc(NCC2CC(O)C2)ccn1. The van der Waals surface area contributed by atoms with Gasteiger partial charge in [0, 0.05) is 24.5 Å². The Bertz CT molecular complexity index is 310. The fraction of sp³-hybridized carbons (Fsp3) is 0.500. The van der Waals surface area contributed by atoms with Crippen LogP contribution in [0.4, 0.5) is 11.5 Å². The quantitative estimate of drug-likeness (QED) is 0.665. The van der Waals surface area contributed by atoms with Gasteiger partial charge in [0.15, 0.2) is 0 Å². The zero-order valence-electron chi connectivity index (χ0n) is 7.98. The number of hydrogen-bond donors (Lipinski definition) is 3. The molecule has 0 bridgehead atoms. The summed E-state index contributed by atoms with van der Waals surface area (Å²) in [6, 6.07) is 3.71. The first-order valence-electron chi connectivity index (χ1n) is 4.87. The van der Waals surface area contributed by atoms with Crippen molar-refractivity contribution in [1.29, 1.82) is 0 Å². The molecule has 1 saturated carbocycles. The molecule has 4 heteroatoms. The molecular formula is C10H15N3O. The Balaban J connectivity index is 1.80. The lowest BCUT2D eigenvalue weighted by Gasteiger charge is -2.31. The first-order chi connectivity index (χ1) is 6.74. The molecule has 1 aliphatic carbocycles. The van der Waals surface area contributed by atoms with Crippen LogP contribution in [0, 0.1) is 5.92 Å². The number of anilines is 2. The van der Waals surface area contributed by atoms with Crippen LogP contribution in [0.3, 0.4) is 0 Å². The van der Waals surface area contributed by atoms with Crippen molar-refractivity contribution in [3.05, 3.63) is 18.3 Å². The van der Waals surface area contributed by atoms with E-state index in [9.17, 15) is 0 Å². The molecule has 1 aliphatic rings. The molecule has 2 rings (SSSR count). The van der Waals surface area contributed by atoms with Gasteiger partial charge in [-0.15, -0.1) is 0 Å². The van der Waals surface area contributed by atoms with E-state index in [-0.39, 0.29) is 6.10 Å². The largest absolute Gasteiger partial charge is 0.393 e. The van der Waals surface area contributed by atoms with Crippen molar-refractivity contribution >= 4 is 11.5 Å². The van der Waals surface area contributed by atoms with Gasteiger partial charge in [0.1, 0.15) is 5.82 Å². The summed E-state index contributed by atoms with van der Waals surface area (Å²) in [7, 11) is 0. The molecule has 0 saturated heterocycles. The molecule has 0 spiro atoms. The summed E-state index contributed by atoms with van der Waals surface area (Å²) in [4.78, 5) is 3.91. The Morgan fingerprint density at radius 2 is 2.36 bits per heavy atom. The fourth-order valence-corrected chi connectivity index (χ4v) is 1.69. The molecule has 4 nitrogen and oxygen atoms in total. The zero-order valence-corrected chi connectivity index (χ0v) is 7.98. The minimum Gasteiger partial charge on any atom is -0.393 e. The van der Waals surface area contributed by atoms with Crippen molar-refractivity contribution in [2.24, 2.45) is 5.92 Å². The lowest BCUT2D eigenvalue weighted by atomic mass is 9.82. The minimum absolute atomic E-state index is 0.0793. The molecule has 4 N–H and O–H groups in total. The zero-order chi connectivity index (χ0) is 9.97. The topological polar surface area (TPSA) is 71.2 Å². The maximum absolute atomic E-state index is 9.10. The molecule has 0 aromatic carbocycles. The van der Waals surface area contributed by atoms with Crippen LogP contribution in [-0.2, 0) is 0 Å². The number of hydrogen-bond acceptors (Lipinski definition) is 4. The Morgan fingerprint density at radius 1 is 1.57 bits per heavy atom. The summed E-state index contributed by atoms with van der Waals surface area (Å²) in [5.41, 5.74) is 6.54. The molecule has 0 aliphatic heterocycles. The van der Waals surface area contributed by atoms with Gasteiger partial charge in [-0.1, -0.05) is 0 Å². The highest BCUT2D eigenvalue weighted by atomic mass is 16.3. The second-order valence-electron chi connectivity index (χ2n) is 3.84. The molecule has 14 heavy (non-hydrogen) atoms. The third kappa shape index (κ3) is 2.14. The molecular weight excluding hydrogens is 178 g/mol. The van der Waals surface area contributed by atoms with Gasteiger partial charge < -0.3 is 16.2 Å². The average molecular weight is 193 g/mol. The number of nitrogens with one attached hydrogen (secondary N) is 1. The third-order valence-corrected chi connectivity index (χ3v) is 2.59. The Kier molecular flexibility index (Phi) is 2.54. The van der Waals surface area contributed by atoms with E-state index in [1.54, 1.807) is 6.20 Å². The number of nitrogens with zero attached hydrogens (tertiary/aromatic N) is 1. The maximum Gasteiger partial charge on any atom is 0.125 e. The summed E-state index contributed by atoms with van der Waals surface area (Å²) in [5.74, 6) is 1.13. The molecule has 1 heterocycles. The number of pyridine rings is 1. The first-order valence-corrected chi connectivity index (χ1v) is 4.87. The van der Waals surface area contributed by atoms with E-state index in [0.29, 0.717) is 11.7 Å². The van der Waals surface area contributed by atoms with Gasteiger partial charge >= 0.3 is 0 Å². The maximum atomic E-state index is 9.10. The second-order valence-corrected chi connectivity index (χ2v) is 3.84. The van der Waals surface area contributed by atoms with Gasteiger partial charge in [0.05, 0.1) is 6.10 Å². The first kappa shape index (κ1) is 9.27. The minimum atomic E-state index is -0.0793. The van der Waals surface area contributed by atoms with Crippen LogP contribution in [0.15, 0.2) is 18.3 Å². The van der Waals surface area contributed by atoms with E-state index >= 15 is 0 Å². The van der Waals surface area contributed by atoms with Crippen LogP contribution in [0.25, 0.3) is 0 Å². The Labute approximate surface area is 83.2 Å². The Hall–Kier alpha value is -1.29. The van der Waals surface area contributed by atoms with Gasteiger partial charge in [0.25, 0.3) is 0 Å². The molecule has 0 amide bonds. The van der Waals surface area contributed by atoms with Crippen LogP contribution in [0.2, 0.25) is 0 Å². The molecule has 0 atom stereocenters. The van der Waals surface area contributed by atoms with E-state index in [1.165, 1.54) is 0 Å². The lowest BCUT2D eigenvalue weighted by molar-refractivity contribution is 0.0487. The smallest absolute Gasteiger partial charge is 0.125 e. The van der Waals surface area contributed by atoms with Crippen molar-refractivity contribution in [2.45, 2.75) is 18.9 Å². The van der Waals surface area contributed by atoms with E-state index in [4.69, 9.17) is 10.8 Å². The van der Waals surface area contributed by atoms with Gasteiger partial charge in [-0.3, -0.25) is 0 Å². The molecule has 0 unspecified atom stereocenters. The molecule has 76 valence electrons. The number of aliphatic hydroxyl groups is 1. The summed E-state index contributed by atoms with van der Waals surface area (Å²) >= 11 is 0. The van der Waals surface area contributed by atoms with Crippen LogP contribution in [-0.4, -0.2) is 22.7 Å². The second kappa shape index (κ2) is 3.84. The molecule has 1 fully saturated rings. The van der Waals surface area contributed by atoms with Crippen molar-refractivity contribution in [3.8, 4) is 0 Å². The number of nitrogen functional groups attached to an aromatic ring is 1. The van der Waals surface area contributed by atoms with Gasteiger partial charge in [0.2, 0.25) is 0 Å². The summed E-state index contributed by atoms with van der Waals surface area (Å²) < 4.78 is 0. The van der Waals surface area contributed by atoms with Gasteiger partial charge in [-0.05, 0) is 24.8 Å². The Morgan fingerprint density at radius 3 is 3.00 bits per heavy atom. The van der Waals surface area contributed by atoms with Crippen molar-refractivity contribution in [2.75, 3.05) is 17.6 Å². The molecule has 1 aromatic rings. The number of aliphatic hydroxyl groups excluding tert-OH is 1. The highest BCUT2D eigenvalue weighted by Gasteiger charge is 2.26. The van der Waals surface area contributed by atoms with E-state index in [1.807, 2.05) is 12.1 Å². The normalized spacial score (nSPS) is 25.5. The monoisotopic (exact) mass is 193 g/mol. The van der Waals surface area contributed by atoms with Crippen molar-refractivity contribution in [1.82, 2.24) is 4.98 Å². The lowest BCUT2D eigenvalue weighted by Crippen LogP contribution is -2.33. The number of aromatic nitrogens is 1. The summed E-state index contributed by atoms with van der Waals surface area (Å²) in [5, 5.41) is 12.4. The van der Waals surface area contributed by atoms with Gasteiger partial charge in [-0.25, -0.2) is 4.98 Å². The van der Waals surface area contributed by atoms with Crippen LogP contribution < -0.4 is 11.1 Å². The molecule has 0 radical (unpaired) electrons. The number of rotatable bonds is 3. The predicted octanol–water partition coefficient (Wildman–Crippen LogP) is 0.847. The fourth-order valence-electron chi connectivity index (χ4n) is 1.69.